The van der Waals surface area contributed by atoms with Crippen molar-refractivity contribution >= 4 is 11.8 Å². The minimum absolute atomic E-state index is 0.0395. The van der Waals surface area contributed by atoms with Gasteiger partial charge in [-0.3, -0.25) is 0 Å². The smallest absolute Gasteiger partial charge is 0.276 e. The highest BCUT2D eigenvalue weighted by atomic mass is 32.2. The molecule has 2 N–H and O–H groups in total. The van der Waals surface area contributed by atoms with E-state index >= 15 is 0 Å². The molecule has 2 unspecified atom stereocenters. The molecule has 2 aromatic rings. The van der Waals surface area contributed by atoms with Crippen LogP contribution in [0, 0.1) is 6.92 Å². The van der Waals surface area contributed by atoms with E-state index in [0.29, 0.717) is 11.1 Å². The summed E-state index contributed by atoms with van der Waals surface area (Å²) < 4.78 is 10.6. The first-order chi connectivity index (χ1) is 9.17. The van der Waals surface area contributed by atoms with Gasteiger partial charge in [0.05, 0.1) is 7.11 Å². The molecule has 5 nitrogen and oxygen atoms in total. The zero-order chi connectivity index (χ0) is 13.4. The first kappa shape index (κ1) is 12.5. The van der Waals surface area contributed by atoms with Crippen molar-refractivity contribution in [1.82, 2.24) is 10.2 Å². The van der Waals surface area contributed by atoms with Gasteiger partial charge in [-0.2, -0.15) is 0 Å². The van der Waals surface area contributed by atoms with Crippen molar-refractivity contribution < 1.29 is 9.15 Å². The van der Waals surface area contributed by atoms with E-state index in [1.807, 2.05) is 12.1 Å². The molecule has 0 radical (unpaired) electrons. The van der Waals surface area contributed by atoms with E-state index in [0.717, 1.165) is 17.7 Å². The van der Waals surface area contributed by atoms with Gasteiger partial charge in [-0.05, 0) is 29.7 Å². The van der Waals surface area contributed by atoms with Gasteiger partial charge in [-0.1, -0.05) is 17.8 Å². The van der Waals surface area contributed by atoms with Gasteiger partial charge in [0.25, 0.3) is 5.22 Å². The number of fused-ring (bicyclic) bond motifs is 1. The second-order valence-corrected chi connectivity index (χ2v) is 5.73. The Balaban J connectivity index is 1.80. The minimum atomic E-state index is -0.0395. The first-order valence-electron chi connectivity index (χ1n) is 6.06. The zero-order valence-electron chi connectivity index (χ0n) is 10.8. The molecular formula is C13H15N3O2S. The Labute approximate surface area is 115 Å². The maximum atomic E-state index is 6.30. The number of ether oxygens (including phenoxy) is 1. The molecule has 1 aliphatic rings. The summed E-state index contributed by atoms with van der Waals surface area (Å²) in [6, 6.07) is 6.02. The molecule has 0 bridgehead atoms. The average Bonchev–Trinajstić information content (AvgIpc) is 2.95. The van der Waals surface area contributed by atoms with Crippen LogP contribution in [0.4, 0.5) is 0 Å². The van der Waals surface area contributed by atoms with Gasteiger partial charge in [0.15, 0.2) is 0 Å². The molecular weight excluding hydrogens is 262 g/mol. The summed E-state index contributed by atoms with van der Waals surface area (Å²) >= 11 is 1.54. The number of hydrogen-bond acceptors (Lipinski definition) is 6. The van der Waals surface area contributed by atoms with Crippen LogP contribution < -0.4 is 10.5 Å². The van der Waals surface area contributed by atoms with Crippen molar-refractivity contribution in [3.8, 4) is 5.75 Å². The number of rotatable bonds is 3. The Kier molecular flexibility index (Phi) is 3.20. The highest BCUT2D eigenvalue weighted by Crippen LogP contribution is 2.40. The maximum Gasteiger partial charge on any atom is 0.276 e. The van der Waals surface area contributed by atoms with E-state index in [-0.39, 0.29) is 11.3 Å². The van der Waals surface area contributed by atoms with Crippen LogP contribution in [-0.4, -0.2) is 22.6 Å². The number of thioether (sulfide) groups is 1. The number of hydrogen-bond donors (Lipinski definition) is 1. The molecule has 2 atom stereocenters. The van der Waals surface area contributed by atoms with E-state index in [1.54, 1.807) is 25.8 Å². The SMILES string of the molecule is COc1ccc2c(c1)C(N)C(Sc1nnc(C)o1)C2. The molecule has 1 aromatic heterocycles. The van der Waals surface area contributed by atoms with Gasteiger partial charge >= 0.3 is 0 Å². The Hall–Kier alpha value is -1.53. The van der Waals surface area contributed by atoms with Crippen molar-refractivity contribution in [3.63, 3.8) is 0 Å². The predicted molar refractivity (Wildman–Crippen MR) is 72.3 cm³/mol. The van der Waals surface area contributed by atoms with E-state index < -0.39 is 0 Å². The van der Waals surface area contributed by atoms with Gasteiger partial charge in [0, 0.05) is 18.2 Å². The molecule has 19 heavy (non-hydrogen) atoms. The second-order valence-electron chi connectivity index (χ2n) is 4.54. The number of benzene rings is 1. The molecule has 0 amide bonds. The molecule has 0 aliphatic heterocycles. The van der Waals surface area contributed by atoms with Crippen molar-refractivity contribution in [2.24, 2.45) is 5.73 Å². The monoisotopic (exact) mass is 277 g/mol. The largest absolute Gasteiger partial charge is 0.497 e. The van der Waals surface area contributed by atoms with E-state index in [2.05, 4.69) is 16.3 Å². The molecule has 100 valence electrons. The Bertz CT molecular complexity index is 599. The lowest BCUT2D eigenvalue weighted by Gasteiger charge is -2.13. The van der Waals surface area contributed by atoms with Crippen LogP contribution in [-0.2, 0) is 6.42 Å². The van der Waals surface area contributed by atoms with Crippen molar-refractivity contribution in [1.29, 1.82) is 0 Å². The lowest BCUT2D eigenvalue weighted by atomic mass is 10.1. The third-order valence-electron chi connectivity index (χ3n) is 3.29. The summed E-state index contributed by atoms with van der Waals surface area (Å²) in [5.74, 6) is 1.42. The number of methoxy groups -OCH3 is 1. The highest BCUT2D eigenvalue weighted by molar-refractivity contribution is 7.99. The number of aryl methyl sites for hydroxylation is 1. The molecule has 6 heteroatoms. The quantitative estimate of drug-likeness (QED) is 0.926. The summed E-state index contributed by atoms with van der Waals surface area (Å²) in [5, 5.41) is 8.64. The van der Waals surface area contributed by atoms with Crippen LogP contribution in [0.15, 0.2) is 27.8 Å². The first-order valence-corrected chi connectivity index (χ1v) is 6.94. The van der Waals surface area contributed by atoms with Gasteiger partial charge in [0.2, 0.25) is 5.89 Å². The Morgan fingerprint density at radius 1 is 1.42 bits per heavy atom. The van der Waals surface area contributed by atoms with Crippen LogP contribution in [0.25, 0.3) is 0 Å². The van der Waals surface area contributed by atoms with Gasteiger partial charge in [-0.25, -0.2) is 0 Å². The summed E-state index contributed by atoms with van der Waals surface area (Å²) in [7, 11) is 1.66. The minimum Gasteiger partial charge on any atom is -0.497 e. The number of nitrogens with zero attached hydrogens (tertiary/aromatic N) is 2. The summed E-state index contributed by atoms with van der Waals surface area (Å²) in [6.07, 6.45) is 0.909. The third kappa shape index (κ3) is 2.33. The van der Waals surface area contributed by atoms with Crippen LogP contribution in [0.3, 0.4) is 0 Å². The second kappa shape index (κ2) is 4.86. The van der Waals surface area contributed by atoms with Gasteiger partial charge in [-0.15, -0.1) is 10.2 Å². The topological polar surface area (TPSA) is 74.2 Å². The maximum absolute atomic E-state index is 6.30. The number of nitrogens with two attached hydrogens (primary N) is 1. The normalized spacial score (nSPS) is 21.4. The molecule has 0 fully saturated rings. The van der Waals surface area contributed by atoms with E-state index in [1.165, 1.54) is 5.56 Å². The zero-order valence-corrected chi connectivity index (χ0v) is 11.6. The van der Waals surface area contributed by atoms with E-state index in [4.69, 9.17) is 14.9 Å². The number of aromatic nitrogens is 2. The molecule has 1 aromatic carbocycles. The van der Waals surface area contributed by atoms with E-state index in [9.17, 15) is 0 Å². The molecule has 3 rings (SSSR count). The van der Waals surface area contributed by atoms with Crippen LogP contribution in [0.2, 0.25) is 0 Å². The van der Waals surface area contributed by atoms with Crippen LogP contribution in [0.1, 0.15) is 23.1 Å². The van der Waals surface area contributed by atoms with Crippen molar-refractivity contribution in [3.05, 3.63) is 35.2 Å². The Morgan fingerprint density at radius 2 is 2.26 bits per heavy atom. The molecule has 1 heterocycles. The molecule has 0 saturated heterocycles. The lowest BCUT2D eigenvalue weighted by Crippen LogP contribution is -2.18. The van der Waals surface area contributed by atoms with Gasteiger partial charge in [0.1, 0.15) is 5.75 Å². The van der Waals surface area contributed by atoms with Crippen LogP contribution >= 0.6 is 11.8 Å². The average molecular weight is 277 g/mol. The molecule has 0 saturated carbocycles. The van der Waals surface area contributed by atoms with Crippen LogP contribution in [0.5, 0.6) is 5.75 Å². The third-order valence-corrected chi connectivity index (χ3v) is 4.42. The molecule has 1 aliphatic carbocycles. The lowest BCUT2D eigenvalue weighted by molar-refractivity contribution is 0.414. The Morgan fingerprint density at radius 3 is 2.95 bits per heavy atom. The summed E-state index contributed by atoms with van der Waals surface area (Å²) in [5.41, 5.74) is 8.71. The molecule has 0 spiro atoms. The van der Waals surface area contributed by atoms with Crippen molar-refractivity contribution in [2.75, 3.05) is 7.11 Å². The highest BCUT2D eigenvalue weighted by Gasteiger charge is 2.32. The predicted octanol–water partition coefficient (Wildman–Crippen LogP) is 2.10. The van der Waals surface area contributed by atoms with Gasteiger partial charge < -0.3 is 14.9 Å². The standard InChI is InChI=1S/C13H15N3O2S/c1-7-15-16-13(18-7)19-11-5-8-3-4-9(17-2)6-10(8)12(11)14/h3-4,6,11-12H,5,14H2,1-2H3. The summed E-state index contributed by atoms with van der Waals surface area (Å²) in [6.45, 7) is 1.78. The van der Waals surface area contributed by atoms with Crippen molar-refractivity contribution in [2.45, 2.75) is 29.9 Å². The summed E-state index contributed by atoms with van der Waals surface area (Å²) in [4.78, 5) is 0. The fourth-order valence-electron chi connectivity index (χ4n) is 2.31. The fourth-order valence-corrected chi connectivity index (χ4v) is 3.38. The fraction of sp³-hybridized carbons (Fsp3) is 0.385.